The molecule has 0 aliphatic carbocycles. The first-order chi connectivity index (χ1) is 8.40. The van der Waals surface area contributed by atoms with E-state index in [-0.39, 0.29) is 11.4 Å². The van der Waals surface area contributed by atoms with Crippen LogP contribution in [0, 0.1) is 10.1 Å². The molecule has 8 heteroatoms. The van der Waals surface area contributed by atoms with Crippen LogP contribution in [0.4, 0.5) is 11.4 Å². The van der Waals surface area contributed by atoms with Gasteiger partial charge >= 0.3 is 0 Å². The maximum absolute atomic E-state index is 11.3. The number of aliphatic carboxylic acids is 1. The Morgan fingerprint density at radius 3 is 2.56 bits per heavy atom. The van der Waals surface area contributed by atoms with Crippen molar-refractivity contribution in [3.8, 4) is 0 Å². The molecule has 0 fully saturated rings. The zero-order valence-corrected chi connectivity index (χ0v) is 10.3. The van der Waals surface area contributed by atoms with E-state index < -0.39 is 16.8 Å². The molecule has 0 saturated heterocycles. The lowest BCUT2D eigenvalue weighted by molar-refractivity contribution is -0.384. The van der Waals surface area contributed by atoms with Crippen LogP contribution >= 0.6 is 15.9 Å². The summed E-state index contributed by atoms with van der Waals surface area (Å²) in [5.41, 5.74) is -0.337. The molecule has 0 aromatic heterocycles. The van der Waals surface area contributed by atoms with Crippen LogP contribution in [0.25, 0.3) is 0 Å². The maximum atomic E-state index is 11.3. The Kier molecular flexibility index (Phi) is 4.55. The molecule has 7 nitrogen and oxygen atoms in total. The van der Waals surface area contributed by atoms with Gasteiger partial charge in [-0.2, -0.15) is 0 Å². The lowest BCUT2D eigenvalue weighted by Gasteiger charge is -2.03. The Morgan fingerprint density at radius 1 is 1.33 bits per heavy atom. The molecule has 0 radical (unpaired) electrons. The summed E-state index contributed by atoms with van der Waals surface area (Å²) in [7, 11) is 0. The van der Waals surface area contributed by atoms with Crippen LogP contribution in [0.2, 0.25) is 0 Å². The fourth-order valence-electron chi connectivity index (χ4n) is 1.08. The van der Waals surface area contributed by atoms with Gasteiger partial charge in [0, 0.05) is 16.6 Å². The van der Waals surface area contributed by atoms with Crippen molar-refractivity contribution in [3.05, 3.63) is 44.9 Å². The van der Waals surface area contributed by atoms with E-state index in [2.05, 4.69) is 21.2 Å². The number of benzene rings is 1. The molecule has 18 heavy (non-hydrogen) atoms. The minimum absolute atomic E-state index is 0.0313. The Balaban J connectivity index is 2.94. The van der Waals surface area contributed by atoms with Crippen LogP contribution in [-0.4, -0.2) is 16.8 Å². The molecule has 94 valence electrons. The van der Waals surface area contributed by atoms with Crippen LogP contribution in [0.1, 0.15) is 0 Å². The lowest BCUT2D eigenvalue weighted by atomic mass is 10.2. The third-order valence-corrected chi connectivity index (χ3v) is 2.28. The molecule has 1 aromatic carbocycles. The third kappa shape index (κ3) is 3.98. The average Bonchev–Trinajstić information content (AvgIpc) is 2.28. The first-order valence-corrected chi connectivity index (χ1v) is 5.33. The molecule has 0 spiro atoms. The van der Waals surface area contributed by atoms with E-state index >= 15 is 0 Å². The van der Waals surface area contributed by atoms with Gasteiger partial charge in [0.1, 0.15) is 5.69 Å². The number of nitro benzene ring substituents is 1. The number of amides is 1. The molecular weight excluding hydrogens is 308 g/mol. The van der Waals surface area contributed by atoms with Gasteiger partial charge in [-0.05, 0) is 18.2 Å². The first kappa shape index (κ1) is 13.8. The van der Waals surface area contributed by atoms with Gasteiger partial charge in [-0.3, -0.25) is 14.9 Å². The highest BCUT2D eigenvalue weighted by molar-refractivity contribution is 9.10. The van der Waals surface area contributed by atoms with E-state index in [1.165, 1.54) is 18.2 Å². The number of hydrogen-bond donors (Lipinski definition) is 1. The van der Waals surface area contributed by atoms with E-state index in [4.69, 9.17) is 0 Å². The highest BCUT2D eigenvalue weighted by atomic mass is 79.9. The van der Waals surface area contributed by atoms with Crippen molar-refractivity contribution in [2.24, 2.45) is 0 Å². The average molecular weight is 314 g/mol. The molecule has 1 N–H and O–H groups in total. The van der Waals surface area contributed by atoms with Crippen LogP contribution in [-0.2, 0) is 9.59 Å². The Labute approximate surface area is 109 Å². The van der Waals surface area contributed by atoms with Crippen molar-refractivity contribution in [1.29, 1.82) is 0 Å². The predicted molar refractivity (Wildman–Crippen MR) is 63.6 cm³/mol. The van der Waals surface area contributed by atoms with Crippen molar-refractivity contribution < 1.29 is 19.6 Å². The summed E-state index contributed by atoms with van der Waals surface area (Å²) >= 11 is 3.06. The summed E-state index contributed by atoms with van der Waals surface area (Å²) in [6, 6.07) is 4.05. The number of rotatable bonds is 4. The Morgan fingerprint density at radius 2 is 2.00 bits per heavy atom. The van der Waals surface area contributed by atoms with Crippen molar-refractivity contribution in [3.63, 3.8) is 0 Å². The second kappa shape index (κ2) is 5.92. The Hall–Kier alpha value is -2.22. The summed E-state index contributed by atoms with van der Waals surface area (Å²) < 4.78 is 0.484. The van der Waals surface area contributed by atoms with E-state index in [0.29, 0.717) is 16.6 Å². The second-order valence-electron chi connectivity index (χ2n) is 3.06. The molecule has 0 unspecified atom stereocenters. The van der Waals surface area contributed by atoms with Crippen LogP contribution in [0.3, 0.4) is 0 Å². The number of carboxylic acids is 1. The van der Waals surface area contributed by atoms with Crippen molar-refractivity contribution in [1.82, 2.24) is 0 Å². The van der Waals surface area contributed by atoms with Crippen LogP contribution in [0.5, 0.6) is 0 Å². The third-order valence-electron chi connectivity index (χ3n) is 1.79. The summed E-state index contributed by atoms with van der Waals surface area (Å²) in [6.07, 6.45) is 1.24. The number of halogens is 1. The van der Waals surface area contributed by atoms with Gasteiger partial charge in [0.2, 0.25) is 5.91 Å². The molecule has 0 aliphatic rings. The minimum atomic E-state index is -1.53. The molecule has 0 bridgehead atoms. The zero-order chi connectivity index (χ0) is 13.7. The molecule has 0 aliphatic heterocycles. The highest BCUT2D eigenvalue weighted by Crippen LogP contribution is 2.27. The molecular formula is C10H6BrN2O5-. The number of nitro groups is 1. The lowest BCUT2D eigenvalue weighted by Crippen LogP contribution is -2.20. The van der Waals surface area contributed by atoms with E-state index in [1.54, 1.807) is 0 Å². The van der Waals surface area contributed by atoms with Crippen molar-refractivity contribution >= 4 is 39.2 Å². The quantitative estimate of drug-likeness (QED) is 0.497. The van der Waals surface area contributed by atoms with Crippen LogP contribution in [0.15, 0.2) is 34.8 Å². The monoisotopic (exact) mass is 313 g/mol. The molecule has 0 saturated carbocycles. The fourth-order valence-corrected chi connectivity index (χ4v) is 1.43. The van der Waals surface area contributed by atoms with Crippen LogP contribution < -0.4 is 10.4 Å². The van der Waals surface area contributed by atoms with E-state index in [9.17, 15) is 24.8 Å². The van der Waals surface area contributed by atoms with Gasteiger partial charge in [0.15, 0.2) is 0 Å². The van der Waals surface area contributed by atoms with E-state index in [0.717, 1.165) is 0 Å². The SMILES string of the molecule is O=C([O-])C=CC(=O)Nc1ccc(Br)cc1[N+](=O)[O-]. The molecule has 1 aromatic rings. The van der Waals surface area contributed by atoms with Gasteiger partial charge in [-0.15, -0.1) is 0 Å². The standard InChI is InChI=1S/C10H7BrN2O5/c11-6-1-2-7(8(5-6)13(17)18)12-9(14)3-4-10(15)16/h1-5H,(H,12,14)(H,15,16)/p-1. The molecule has 1 amide bonds. The van der Waals surface area contributed by atoms with Gasteiger partial charge in [-0.1, -0.05) is 15.9 Å². The number of carbonyl (C=O) groups excluding carboxylic acids is 2. The summed E-state index contributed by atoms with van der Waals surface area (Å²) in [4.78, 5) is 31.4. The number of carboxylic acid groups (broad SMARTS) is 1. The number of nitrogens with zero attached hydrogens (tertiary/aromatic N) is 1. The molecule has 1 rings (SSSR count). The van der Waals surface area contributed by atoms with Crippen molar-refractivity contribution in [2.45, 2.75) is 0 Å². The highest BCUT2D eigenvalue weighted by Gasteiger charge is 2.15. The van der Waals surface area contributed by atoms with E-state index in [1.807, 2.05) is 0 Å². The number of nitrogens with one attached hydrogen (secondary N) is 1. The first-order valence-electron chi connectivity index (χ1n) is 4.54. The molecule has 0 heterocycles. The van der Waals surface area contributed by atoms with Gasteiger partial charge in [0.05, 0.1) is 10.9 Å². The topological polar surface area (TPSA) is 112 Å². The predicted octanol–water partition coefficient (Wildman–Crippen LogP) is 0.602. The zero-order valence-electron chi connectivity index (χ0n) is 8.75. The normalized spacial score (nSPS) is 10.3. The number of carbonyl (C=O) groups is 2. The smallest absolute Gasteiger partial charge is 0.293 e. The Bertz CT molecular complexity index is 541. The van der Waals surface area contributed by atoms with Gasteiger partial charge in [0.25, 0.3) is 5.69 Å². The number of anilines is 1. The maximum Gasteiger partial charge on any atom is 0.293 e. The van der Waals surface area contributed by atoms with Crippen molar-refractivity contribution in [2.75, 3.05) is 5.32 Å². The number of hydrogen-bond acceptors (Lipinski definition) is 5. The van der Waals surface area contributed by atoms with Gasteiger partial charge in [-0.25, -0.2) is 0 Å². The molecule has 0 atom stereocenters. The summed E-state index contributed by atoms with van der Waals surface area (Å²) in [6.45, 7) is 0. The summed E-state index contributed by atoms with van der Waals surface area (Å²) in [5, 5.41) is 23.0. The summed E-state index contributed by atoms with van der Waals surface area (Å²) in [5.74, 6) is -2.33. The fraction of sp³-hybridized carbons (Fsp3) is 0. The van der Waals surface area contributed by atoms with Gasteiger partial charge < -0.3 is 15.2 Å². The second-order valence-corrected chi connectivity index (χ2v) is 3.98. The minimum Gasteiger partial charge on any atom is -0.545 e. The largest absolute Gasteiger partial charge is 0.545 e.